The third-order valence-corrected chi connectivity index (χ3v) is 6.46. The number of hydrogen-bond acceptors (Lipinski definition) is 3. The van der Waals surface area contributed by atoms with Gasteiger partial charge in [-0.1, -0.05) is 71.7 Å². The zero-order valence-electron chi connectivity index (χ0n) is 17.2. The summed E-state index contributed by atoms with van der Waals surface area (Å²) in [5, 5.41) is 3.64. The highest BCUT2D eigenvalue weighted by Gasteiger charge is 2.18. The topological polar surface area (TPSA) is 35.6 Å². The first kappa shape index (κ1) is 21.7. The second-order valence-corrected chi connectivity index (χ2v) is 8.44. The lowest BCUT2D eigenvalue weighted by Gasteiger charge is -2.36. The van der Waals surface area contributed by atoms with Crippen molar-refractivity contribution in [1.29, 1.82) is 0 Å². The molecule has 1 aliphatic heterocycles. The molecule has 0 atom stereocenters. The second kappa shape index (κ2) is 10.2. The van der Waals surface area contributed by atoms with Crippen LogP contribution in [0.2, 0.25) is 10.0 Å². The summed E-state index contributed by atoms with van der Waals surface area (Å²) in [6.07, 6.45) is 0. The van der Waals surface area contributed by atoms with E-state index in [1.54, 1.807) is 18.2 Å². The Morgan fingerprint density at radius 2 is 1.48 bits per heavy atom. The van der Waals surface area contributed by atoms with E-state index in [0.29, 0.717) is 17.1 Å². The molecule has 0 aliphatic carbocycles. The maximum Gasteiger partial charge on any atom is 0.253 e. The molecule has 1 amide bonds. The van der Waals surface area contributed by atoms with Gasteiger partial charge in [0.2, 0.25) is 0 Å². The quantitative estimate of drug-likeness (QED) is 0.553. The van der Waals surface area contributed by atoms with Crippen molar-refractivity contribution in [2.75, 3.05) is 31.1 Å². The van der Waals surface area contributed by atoms with E-state index in [2.05, 4.69) is 63.6 Å². The number of amides is 1. The van der Waals surface area contributed by atoms with Gasteiger partial charge in [0, 0.05) is 45.0 Å². The first-order valence-corrected chi connectivity index (χ1v) is 11.2. The minimum Gasteiger partial charge on any atom is -0.369 e. The summed E-state index contributed by atoms with van der Waals surface area (Å²) in [6, 6.07) is 23.9. The number of halogens is 2. The zero-order valence-corrected chi connectivity index (χ0v) is 18.7. The Balaban J connectivity index is 1.36. The van der Waals surface area contributed by atoms with Crippen LogP contribution in [0.4, 0.5) is 5.69 Å². The van der Waals surface area contributed by atoms with Crippen LogP contribution in [0.5, 0.6) is 0 Å². The fraction of sp³-hybridized carbons (Fsp3) is 0.240. The molecule has 4 rings (SSSR count). The molecule has 1 heterocycles. The molecular formula is C25H25Cl2N3O. The van der Waals surface area contributed by atoms with E-state index in [1.165, 1.54) is 11.3 Å². The smallest absolute Gasteiger partial charge is 0.253 e. The predicted molar refractivity (Wildman–Crippen MR) is 128 cm³/mol. The Morgan fingerprint density at radius 1 is 0.806 bits per heavy atom. The maximum absolute atomic E-state index is 12.6. The van der Waals surface area contributed by atoms with Crippen LogP contribution in [0, 0.1) is 0 Å². The van der Waals surface area contributed by atoms with Gasteiger partial charge >= 0.3 is 0 Å². The van der Waals surface area contributed by atoms with Gasteiger partial charge in [0.1, 0.15) is 0 Å². The first-order valence-electron chi connectivity index (χ1n) is 10.4. The number of hydrogen-bond donors (Lipinski definition) is 1. The third-order valence-electron chi connectivity index (χ3n) is 5.64. The van der Waals surface area contributed by atoms with Gasteiger partial charge in [-0.2, -0.15) is 0 Å². The summed E-state index contributed by atoms with van der Waals surface area (Å²) in [7, 11) is 0. The van der Waals surface area contributed by atoms with Crippen LogP contribution in [-0.2, 0) is 13.1 Å². The van der Waals surface area contributed by atoms with E-state index in [-0.39, 0.29) is 10.9 Å². The normalized spacial score (nSPS) is 14.5. The average molecular weight is 454 g/mol. The Hall–Kier alpha value is -2.53. The van der Waals surface area contributed by atoms with Crippen LogP contribution in [-0.4, -0.2) is 37.0 Å². The van der Waals surface area contributed by atoms with Crippen molar-refractivity contribution in [3.8, 4) is 0 Å². The number of nitrogens with one attached hydrogen (secondary N) is 1. The second-order valence-electron chi connectivity index (χ2n) is 7.65. The lowest BCUT2D eigenvalue weighted by atomic mass is 10.1. The van der Waals surface area contributed by atoms with Crippen LogP contribution < -0.4 is 10.2 Å². The van der Waals surface area contributed by atoms with Gasteiger partial charge in [-0.05, 0) is 35.4 Å². The van der Waals surface area contributed by atoms with Crippen molar-refractivity contribution in [3.63, 3.8) is 0 Å². The third kappa shape index (κ3) is 5.40. The van der Waals surface area contributed by atoms with Gasteiger partial charge < -0.3 is 10.2 Å². The van der Waals surface area contributed by atoms with Gasteiger partial charge in [-0.15, -0.1) is 0 Å². The number of anilines is 1. The number of piperazine rings is 1. The zero-order chi connectivity index (χ0) is 21.6. The van der Waals surface area contributed by atoms with E-state index >= 15 is 0 Å². The number of para-hydroxylation sites is 1. The van der Waals surface area contributed by atoms with Crippen LogP contribution in [0.15, 0.2) is 72.8 Å². The molecule has 160 valence electrons. The molecule has 4 nitrogen and oxygen atoms in total. The van der Waals surface area contributed by atoms with Gasteiger partial charge in [0.05, 0.1) is 15.6 Å². The Bertz CT molecular complexity index is 1030. The Morgan fingerprint density at radius 3 is 2.23 bits per heavy atom. The highest BCUT2D eigenvalue weighted by molar-refractivity contribution is 6.43. The minimum atomic E-state index is -0.223. The lowest BCUT2D eigenvalue weighted by molar-refractivity contribution is 0.0951. The molecule has 6 heteroatoms. The van der Waals surface area contributed by atoms with Crippen molar-refractivity contribution in [2.45, 2.75) is 13.1 Å². The summed E-state index contributed by atoms with van der Waals surface area (Å²) >= 11 is 12.2. The molecule has 0 aromatic heterocycles. The molecule has 3 aromatic rings. The van der Waals surface area contributed by atoms with Crippen molar-refractivity contribution in [3.05, 3.63) is 99.5 Å². The molecule has 0 saturated carbocycles. The van der Waals surface area contributed by atoms with Gasteiger partial charge in [0.25, 0.3) is 5.91 Å². The average Bonchev–Trinajstić information content (AvgIpc) is 2.81. The van der Waals surface area contributed by atoms with E-state index in [0.717, 1.165) is 38.3 Å². The highest BCUT2D eigenvalue weighted by atomic mass is 35.5. The van der Waals surface area contributed by atoms with Crippen molar-refractivity contribution in [1.82, 2.24) is 10.2 Å². The largest absolute Gasteiger partial charge is 0.369 e. The van der Waals surface area contributed by atoms with Crippen LogP contribution in [0.25, 0.3) is 0 Å². The minimum absolute atomic E-state index is 0.223. The van der Waals surface area contributed by atoms with Crippen LogP contribution in [0.1, 0.15) is 21.5 Å². The molecule has 3 aromatic carbocycles. The summed E-state index contributed by atoms with van der Waals surface area (Å²) in [5.41, 5.74) is 4.02. The van der Waals surface area contributed by atoms with Crippen LogP contribution in [0.3, 0.4) is 0 Å². The molecule has 1 aliphatic rings. The van der Waals surface area contributed by atoms with E-state index < -0.39 is 0 Å². The summed E-state index contributed by atoms with van der Waals surface area (Å²) in [4.78, 5) is 17.5. The molecule has 0 unspecified atom stereocenters. The number of rotatable bonds is 6. The summed E-state index contributed by atoms with van der Waals surface area (Å²) in [5.74, 6) is -0.223. The van der Waals surface area contributed by atoms with E-state index in [4.69, 9.17) is 23.2 Å². The Kier molecular flexibility index (Phi) is 7.13. The maximum atomic E-state index is 12.6. The Labute approximate surface area is 193 Å². The van der Waals surface area contributed by atoms with Crippen molar-refractivity contribution < 1.29 is 4.79 Å². The summed E-state index contributed by atoms with van der Waals surface area (Å²) < 4.78 is 0. The molecule has 1 saturated heterocycles. The number of benzene rings is 3. The molecular weight excluding hydrogens is 429 g/mol. The molecule has 0 radical (unpaired) electrons. The predicted octanol–water partition coefficient (Wildman–Crippen LogP) is 5.25. The fourth-order valence-electron chi connectivity index (χ4n) is 3.88. The number of carbonyl (C=O) groups excluding carboxylic acids is 1. The number of nitrogens with zero attached hydrogens (tertiary/aromatic N) is 2. The molecule has 1 N–H and O–H groups in total. The van der Waals surface area contributed by atoms with Gasteiger partial charge in [0.15, 0.2) is 0 Å². The van der Waals surface area contributed by atoms with Crippen molar-refractivity contribution in [2.24, 2.45) is 0 Å². The molecule has 0 bridgehead atoms. The first-order chi connectivity index (χ1) is 15.1. The highest BCUT2D eigenvalue weighted by Crippen LogP contribution is 2.25. The number of carbonyl (C=O) groups is 1. The molecule has 1 fully saturated rings. The van der Waals surface area contributed by atoms with Crippen LogP contribution >= 0.6 is 23.2 Å². The van der Waals surface area contributed by atoms with E-state index in [1.807, 2.05) is 6.07 Å². The molecule has 31 heavy (non-hydrogen) atoms. The lowest BCUT2D eigenvalue weighted by Crippen LogP contribution is -2.46. The molecule has 0 spiro atoms. The standard InChI is InChI=1S/C25H25Cl2N3O/c26-23-12-6-11-22(24(23)27)25(31)28-17-19-7-4-5-8-20(19)18-29-13-15-30(16-14-29)21-9-2-1-3-10-21/h1-12H,13-18H2,(H,28,31). The van der Waals surface area contributed by atoms with Gasteiger partial charge in [-0.25, -0.2) is 0 Å². The summed E-state index contributed by atoms with van der Waals surface area (Å²) in [6.45, 7) is 5.35. The SMILES string of the molecule is O=C(NCc1ccccc1CN1CCN(c2ccccc2)CC1)c1cccc(Cl)c1Cl. The van der Waals surface area contributed by atoms with Crippen molar-refractivity contribution >= 4 is 34.8 Å². The fourth-order valence-corrected chi connectivity index (χ4v) is 4.26. The van der Waals surface area contributed by atoms with Gasteiger partial charge in [-0.3, -0.25) is 9.69 Å². The van der Waals surface area contributed by atoms with E-state index in [9.17, 15) is 4.79 Å². The monoisotopic (exact) mass is 453 g/mol.